The number of methoxy groups -OCH3 is 1. The van der Waals surface area contributed by atoms with Gasteiger partial charge in [-0.3, -0.25) is 0 Å². The number of phenols is 1. The maximum Gasteiger partial charge on any atom is 0.122 e. The molecule has 0 aromatic heterocycles. The van der Waals surface area contributed by atoms with Gasteiger partial charge >= 0.3 is 0 Å². The van der Waals surface area contributed by atoms with Crippen molar-refractivity contribution in [2.24, 2.45) is 0 Å². The molecule has 1 fully saturated rings. The lowest BCUT2D eigenvalue weighted by atomic mass is 9.97. The minimum Gasteiger partial charge on any atom is -0.507 e. The van der Waals surface area contributed by atoms with E-state index < -0.39 is 0 Å². The molecule has 2 rings (SSSR count). The Bertz CT molecular complexity index is 409. The van der Waals surface area contributed by atoms with Gasteiger partial charge in [-0.25, -0.2) is 0 Å². The lowest BCUT2D eigenvalue weighted by molar-refractivity contribution is 0.405. The number of phenolic OH excluding ortho intramolecular Hbond substituents is 1. The normalized spacial score (nSPS) is 19.6. The summed E-state index contributed by atoms with van der Waals surface area (Å²) in [5.41, 5.74) is 2.94. The van der Waals surface area contributed by atoms with Crippen molar-refractivity contribution < 1.29 is 9.84 Å². The van der Waals surface area contributed by atoms with Crippen molar-refractivity contribution in [2.45, 2.75) is 39.2 Å². The zero-order valence-corrected chi connectivity index (χ0v) is 10.8. The van der Waals surface area contributed by atoms with Crippen LogP contribution in [0.1, 0.15) is 29.5 Å². The molecule has 94 valence electrons. The van der Waals surface area contributed by atoms with Crippen LogP contribution in [0.3, 0.4) is 0 Å². The Balaban J connectivity index is 2.29. The fourth-order valence-electron chi connectivity index (χ4n) is 2.50. The van der Waals surface area contributed by atoms with E-state index in [0.717, 1.165) is 35.4 Å². The number of nitrogens with one attached hydrogen (secondary N) is 1. The highest BCUT2D eigenvalue weighted by Gasteiger charge is 2.19. The van der Waals surface area contributed by atoms with Gasteiger partial charge in [-0.15, -0.1) is 0 Å². The number of ether oxygens (including phenoxy) is 1. The van der Waals surface area contributed by atoms with Gasteiger partial charge in [-0.2, -0.15) is 0 Å². The van der Waals surface area contributed by atoms with Crippen LogP contribution in [0.15, 0.2) is 6.07 Å². The first-order valence-corrected chi connectivity index (χ1v) is 6.23. The van der Waals surface area contributed by atoms with Gasteiger partial charge in [-0.05, 0) is 62.4 Å². The molecule has 3 heteroatoms. The van der Waals surface area contributed by atoms with Crippen molar-refractivity contribution >= 4 is 0 Å². The van der Waals surface area contributed by atoms with Crippen LogP contribution in [-0.2, 0) is 6.42 Å². The first-order valence-electron chi connectivity index (χ1n) is 6.23. The number of hydrogen-bond donors (Lipinski definition) is 2. The molecule has 1 saturated heterocycles. The van der Waals surface area contributed by atoms with Gasteiger partial charge in [0.2, 0.25) is 0 Å². The van der Waals surface area contributed by atoms with E-state index >= 15 is 0 Å². The summed E-state index contributed by atoms with van der Waals surface area (Å²) in [4.78, 5) is 0. The highest BCUT2D eigenvalue weighted by atomic mass is 16.5. The molecule has 1 aliphatic rings. The van der Waals surface area contributed by atoms with Gasteiger partial charge < -0.3 is 15.2 Å². The van der Waals surface area contributed by atoms with Gasteiger partial charge in [0.05, 0.1) is 7.11 Å². The Kier molecular flexibility index (Phi) is 3.57. The van der Waals surface area contributed by atoms with Crippen LogP contribution in [0.4, 0.5) is 0 Å². The third-order valence-electron chi connectivity index (χ3n) is 3.75. The van der Waals surface area contributed by atoms with Gasteiger partial charge in [0.25, 0.3) is 0 Å². The predicted molar refractivity (Wildman–Crippen MR) is 68.9 cm³/mol. The Morgan fingerprint density at radius 3 is 2.76 bits per heavy atom. The van der Waals surface area contributed by atoms with E-state index in [0.29, 0.717) is 11.8 Å². The quantitative estimate of drug-likeness (QED) is 0.844. The zero-order chi connectivity index (χ0) is 12.4. The Morgan fingerprint density at radius 2 is 2.18 bits per heavy atom. The first kappa shape index (κ1) is 12.2. The molecule has 1 unspecified atom stereocenters. The lowest BCUT2D eigenvalue weighted by Gasteiger charge is -2.16. The van der Waals surface area contributed by atoms with E-state index in [9.17, 15) is 5.11 Å². The smallest absolute Gasteiger partial charge is 0.122 e. The van der Waals surface area contributed by atoms with Crippen molar-refractivity contribution in [3.05, 3.63) is 22.8 Å². The highest BCUT2D eigenvalue weighted by Crippen LogP contribution is 2.33. The highest BCUT2D eigenvalue weighted by molar-refractivity contribution is 5.52. The molecule has 2 N–H and O–H groups in total. The molecule has 0 spiro atoms. The molecule has 0 aliphatic carbocycles. The second-order valence-electron chi connectivity index (χ2n) is 4.83. The van der Waals surface area contributed by atoms with Crippen molar-refractivity contribution in [3.63, 3.8) is 0 Å². The molecule has 3 nitrogen and oxygen atoms in total. The molecular weight excluding hydrogens is 214 g/mol. The Morgan fingerprint density at radius 1 is 1.41 bits per heavy atom. The molecule has 1 heterocycles. The fraction of sp³-hybridized carbons (Fsp3) is 0.571. The van der Waals surface area contributed by atoms with E-state index in [1.54, 1.807) is 7.11 Å². The van der Waals surface area contributed by atoms with Crippen LogP contribution in [0.2, 0.25) is 0 Å². The van der Waals surface area contributed by atoms with Gasteiger partial charge in [0.1, 0.15) is 11.5 Å². The van der Waals surface area contributed by atoms with Crippen LogP contribution in [0, 0.1) is 13.8 Å². The molecule has 0 amide bonds. The molecule has 1 aromatic carbocycles. The zero-order valence-electron chi connectivity index (χ0n) is 10.8. The van der Waals surface area contributed by atoms with Gasteiger partial charge in [-0.1, -0.05) is 0 Å². The molecule has 0 radical (unpaired) electrons. The van der Waals surface area contributed by atoms with E-state index in [4.69, 9.17) is 4.74 Å². The Hall–Kier alpha value is -1.22. The summed E-state index contributed by atoms with van der Waals surface area (Å²) in [6.07, 6.45) is 3.30. The third kappa shape index (κ3) is 2.39. The fourth-order valence-corrected chi connectivity index (χ4v) is 2.50. The molecule has 1 aliphatic heterocycles. The van der Waals surface area contributed by atoms with Crippen LogP contribution < -0.4 is 10.1 Å². The predicted octanol–water partition coefficient (Wildman–Crippen LogP) is 2.31. The number of aromatic hydroxyl groups is 1. The summed E-state index contributed by atoms with van der Waals surface area (Å²) in [6, 6.07) is 2.46. The van der Waals surface area contributed by atoms with Crippen LogP contribution in [0.25, 0.3) is 0 Å². The molecule has 0 saturated carbocycles. The van der Waals surface area contributed by atoms with E-state index in [1.165, 1.54) is 12.8 Å². The van der Waals surface area contributed by atoms with Gasteiger partial charge in [0, 0.05) is 6.04 Å². The first-order chi connectivity index (χ1) is 8.13. The third-order valence-corrected chi connectivity index (χ3v) is 3.75. The average molecular weight is 235 g/mol. The molecule has 17 heavy (non-hydrogen) atoms. The number of benzene rings is 1. The van der Waals surface area contributed by atoms with E-state index in [1.807, 2.05) is 19.9 Å². The van der Waals surface area contributed by atoms with Gasteiger partial charge in [0.15, 0.2) is 0 Å². The van der Waals surface area contributed by atoms with Crippen LogP contribution in [0.5, 0.6) is 11.5 Å². The monoisotopic (exact) mass is 235 g/mol. The largest absolute Gasteiger partial charge is 0.507 e. The number of rotatable bonds is 3. The number of hydrogen-bond acceptors (Lipinski definition) is 3. The summed E-state index contributed by atoms with van der Waals surface area (Å²) < 4.78 is 5.35. The Labute approximate surface area is 103 Å². The summed E-state index contributed by atoms with van der Waals surface area (Å²) in [6.45, 7) is 5.01. The summed E-state index contributed by atoms with van der Waals surface area (Å²) in [7, 11) is 1.68. The summed E-state index contributed by atoms with van der Waals surface area (Å²) in [5.74, 6) is 1.30. The molecule has 0 bridgehead atoms. The average Bonchev–Trinajstić information content (AvgIpc) is 2.83. The van der Waals surface area contributed by atoms with Crippen molar-refractivity contribution in [2.75, 3.05) is 13.7 Å². The second kappa shape index (κ2) is 4.96. The van der Waals surface area contributed by atoms with Crippen LogP contribution in [-0.4, -0.2) is 24.8 Å². The second-order valence-corrected chi connectivity index (χ2v) is 4.83. The maximum atomic E-state index is 10.2. The molecule has 1 aromatic rings. The topological polar surface area (TPSA) is 41.5 Å². The SMILES string of the molecule is COc1cc(CC2CCCN2)c(O)c(C)c1C. The van der Waals surface area contributed by atoms with Crippen molar-refractivity contribution in [1.29, 1.82) is 0 Å². The minimum atomic E-state index is 0.428. The van der Waals surface area contributed by atoms with E-state index in [2.05, 4.69) is 5.32 Å². The molecular formula is C14H21NO2. The summed E-state index contributed by atoms with van der Waals surface area (Å²) >= 11 is 0. The van der Waals surface area contributed by atoms with Crippen molar-refractivity contribution in [3.8, 4) is 11.5 Å². The van der Waals surface area contributed by atoms with E-state index in [-0.39, 0.29) is 0 Å². The van der Waals surface area contributed by atoms with Crippen molar-refractivity contribution in [1.82, 2.24) is 5.32 Å². The van der Waals surface area contributed by atoms with Crippen LogP contribution >= 0.6 is 0 Å². The lowest BCUT2D eigenvalue weighted by Crippen LogP contribution is -2.23. The summed E-state index contributed by atoms with van der Waals surface area (Å²) in [5, 5.41) is 13.6. The minimum absolute atomic E-state index is 0.428. The standard InChI is InChI=1S/C14H21NO2/c1-9-10(2)14(16)11(8-13(9)17-3)7-12-5-4-6-15-12/h8,12,15-16H,4-7H2,1-3H3. The maximum absolute atomic E-state index is 10.2. The molecule has 1 atom stereocenters.